The fourth-order valence-corrected chi connectivity index (χ4v) is 0.515. The van der Waals surface area contributed by atoms with Gasteiger partial charge in [-0.25, -0.2) is 26.0 Å². The van der Waals surface area contributed by atoms with Crippen molar-refractivity contribution < 1.29 is 51.4 Å². The zero-order valence-electron chi connectivity index (χ0n) is 15.0. The van der Waals surface area contributed by atoms with Crippen molar-refractivity contribution in [3.63, 3.8) is 0 Å². The Bertz CT molecular complexity index is 460. The maximum Gasteiger partial charge on any atom is 0.330 e. The van der Waals surface area contributed by atoms with E-state index in [0.717, 1.165) is 6.42 Å². The second kappa shape index (κ2) is 18.2. The monoisotopic (exact) mass is 385 g/mol. The van der Waals surface area contributed by atoms with E-state index in [1.165, 1.54) is 26.3 Å². The molecule has 0 saturated carbocycles. The summed E-state index contributed by atoms with van der Waals surface area (Å²) in [6.07, 6.45) is 8.33. The van der Waals surface area contributed by atoms with Crippen LogP contribution in [0.5, 0.6) is 0 Å². The minimum absolute atomic E-state index is 0. The number of rotatable bonds is 3. The van der Waals surface area contributed by atoms with Crippen molar-refractivity contribution in [2.45, 2.75) is 34.1 Å². The van der Waals surface area contributed by atoms with E-state index in [4.69, 9.17) is 15.3 Å². The molecule has 0 aromatic heterocycles. The topological polar surface area (TPSA) is 112 Å². The van der Waals surface area contributed by atoms with E-state index >= 15 is 0 Å². The molecule has 0 aromatic rings. The molecule has 0 atom stereocenters. The average molecular weight is 385 g/mol. The van der Waals surface area contributed by atoms with Crippen LogP contribution in [0.3, 0.4) is 0 Å². The number of allylic oxidation sites excluding steroid dienone is 4. The Morgan fingerprint density at radius 3 is 1.16 bits per heavy atom. The summed E-state index contributed by atoms with van der Waals surface area (Å²) in [5, 5.41) is 23.7. The number of hydrogen-bond acceptors (Lipinski definition) is 3. The molecule has 0 amide bonds. The fourth-order valence-electron chi connectivity index (χ4n) is 0.515. The van der Waals surface area contributed by atoms with Crippen molar-refractivity contribution in [1.82, 2.24) is 0 Å². The molecular formula is C18H25O6Ti-. The van der Waals surface area contributed by atoms with E-state index in [2.05, 4.69) is 44.9 Å². The first-order valence-electron chi connectivity index (χ1n) is 6.73. The molecule has 0 aliphatic heterocycles. The van der Waals surface area contributed by atoms with Gasteiger partial charge in [-0.15, -0.1) is 6.42 Å². The summed E-state index contributed by atoms with van der Waals surface area (Å²) >= 11 is 0. The molecule has 6 nitrogen and oxygen atoms in total. The van der Waals surface area contributed by atoms with Gasteiger partial charge in [0.25, 0.3) is 0 Å². The van der Waals surface area contributed by atoms with Crippen LogP contribution in [-0.4, -0.2) is 33.2 Å². The second-order valence-corrected chi connectivity index (χ2v) is 4.72. The minimum atomic E-state index is -0.935. The van der Waals surface area contributed by atoms with Crippen LogP contribution in [-0.2, 0) is 36.1 Å². The first-order valence-corrected chi connectivity index (χ1v) is 6.73. The standard InChI is InChI=1S/C6H7.3C4H6O2.Ti/c1-6-4-2-3-5-6;3*1-3(2)4(5)6;/h2,4H,3H2,1H3;3*1H2,2H3,(H,5,6);/q-1;;;;. The molecule has 0 unspecified atom stereocenters. The number of carboxylic acid groups (broad SMARTS) is 3. The molecule has 0 radical (unpaired) electrons. The summed E-state index contributed by atoms with van der Waals surface area (Å²) < 4.78 is 0. The largest absolute Gasteiger partial charge is 0.478 e. The molecule has 1 aliphatic carbocycles. The van der Waals surface area contributed by atoms with Crippen molar-refractivity contribution in [2.75, 3.05) is 0 Å². The van der Waals surface area contributed by atoms with Crippen molar-refractivity contribution in [2.24, 2.45) is 0 Å². The molecule has 25 heavy (non-hydrogen) atoms. The SMILES string of the molecule is C=C(C)C(=O)O.C=C(C)C(=O)O.C=C(C)C(=O)O.CC1=[C-]CC=C1.[Ti]. The number of hydrogen-bond donors (Lipinski definition) is 3. The van der Waals surface area contributed by atoms with E-state index in [0.29, 0.717) is 0 Å². The molecule has 0 bridgehead atoms. The zero-order chi connectivity index (χ0) is 19.9. The molecular weight excluding hydrogens is 360 g/mol. The summed E-state index contributed by atoms with van der Waals surface area (Å²) in [7, 11) is 0. The van der Waals surface area contributed by atoms with Crippen molar-refractivity contribution in [3.8, 4) is 0 Å². The molecule has 0 fully saturated rings. The molecule has 0 aromatic carbocycles. The Hall–Kier alpha value is -2.18. The van der Waals surface area contributed by atoms with Gasteiger partial charge in [0.15, 0.2) is 0 Å². The third kappa shape index (κ3) is 30.3. The predicted molar refractivity (Wildman–Crippen MR) is 93.5 cm³/mol. The van der Waals surface area contributed by atoms with Crippen molar-refractivity contribution >= 4 is 17.9 Å². The van der Waals surface area contributed by atoms with Crippen LogP contribution in [0.1, 0.15) is 34.1 Å². The van der Waals surface area contributed by atoms with E-state index in [-0.39, 0.29) is 38.4 Å². The van der Waals surface area contributed by atoms with Crippen LogP contribution >= 0.6 is 0 Å². The molecule has 3 N–H and O–H groups in total. The molecule has 7 heteroatoms. The van der Waals surface area contributed by atoms with Crippen molar-refractivity contribution in [3.05, 3.63) is 60.3 Å². The smallest absolute Gasteiger partial charge is 0.330 e. The Kier molecular flexibility index (Phi) is 22.3. The number of aliphatic carboxylic acids is 3. The first-order chi connectivity index (χ1) is 10.8. The molecule has 0 saturated heterocycles. The van der Waals surface area contributed by atoms with Gasteiger partial charge in [-0.1, -0.05) is 26.7 Å². The van der Waals surface area contributed by atoms with Gasteiger partial charge >= 0.3 is 17.9 Å². The molecule has 0 heterocycles. The zero-order valence-corrected chi connectivity index (χ0v) is 16.6. The second-order valence-electron chi connectivity index (χ2n) is 4.72. The van der Waals surface area contributed by atoms with Crippen LogP contribution in [0, 0.1) is 6.08 Å². The molecule has 1 aliphatic rings. The van der Waals surface area contributed by atoms with E-state index in [9.17, 15) is 14.4 Å². The van der Waals surface area contributed by atoms with E-state index in [1.807, 2.05) is 0 Å². The van der Waals surface area contributed by atoms with Crippen LogP contribution in [0.2, 0.25) is 0 Å². The maximum absolute atomic E-state index is 9.60. The summed E-state index contributed by atoms with van der Waals surface area (Å²) in [5.41, 5.74) is 1.80. The third-order valence-electron chi connectivity index (χ3n) is 1.96. The van der Waals surface area contributed by atoms with Gasteiger partial charge in [0.1, 0.15) is 0 Å². The van der Waals surface area contributed by atoms with Gasteiger partial charge in [-0.2, -0.15) is 6.08 Å². The normalized spacial score (nSPS) is 9.84. The van der Waals surface area contributed by atoms with Crippen LogP contribution in [0.15, 0.2) is 54.2 Å². The first kappa shape index (κ1) is 30.7. The summed E-state index contributed by atoms with van der Waals surface area (Å²) in [4.78, 5) is 28.8. The Morgan fingerprint density at radius 2 is 1.12 bits per heavy atom. The van der Waals surface area contributed by atoms with Gasteiger partial charge < -0.3 is 15.3 Å². The van der Waals surface area contributed by atoms with Gasteiger partial charge in [0.2, 0.25) is 0 Å². The number of carbonyl (C=O) groups is 3. The van der Waals surface area contributed by atoms with Gasteiger partial charge in [-0.3, -0.25) is 6.08 Å². The Labute approximate surface area is 163 Å². The fraction of sp³-hybridized carbons (Fsp3) is 0.278. The molecule has 0 spiro atoms. The third-order valence-corrected chi connectivity index (χ3v) is 1.96. The van der Waals surface area contributed by atoms with Crippen LogP contribution in [0.4, 0.5) is 0 Å². The summed E-state index contributed by atoms with van der Waals surface area (Å²) in [6.45, 7) is 15.9. The average Bonchev–Trinajstić information content (AvgIpc) is 2.91. The van der Waals surface area contributed by atoms with Crippen LogP contribution in [0.25, 0.3) is 0 Å². The van der Waals surface area contributed by atoms with E-state index in [1.54, 1.807) is 0 Å². The van der Waals surface area contributed by atoms with Crippen molar-refractivity contribution in [1.29, 1.82) is 0 Å². The Morgan fingerprint density at radius 1 is 0.880 bits per heavy atom. The maximum atomic E-state index is 9.60. The predicted octanol–water partition coefficient (Wildman–Crippen LogP) is 3.63. The van der Waals surface area contributed by atoms with Gasteiger partial charge in [0, 0.05) is 38.4 Å². The molecule has 1 rings (SSSR count). The van der Waals surface area contributed by atoms with E-state index < -0.39 is 17.9 Å². The summed E-state index contributed by atoms with van der Waals surface area (Å²) in [6, 6.07) is 0. The Balaban J connectivity index is -0.000000116. The van der Waals surface area contributed by atoms with Gasteiger partial charge in [0.05, 0.1) is 0 Å². The number of carboxylic acids is 3. The quantitative estimate of drug-likeness (QED) is 0.389. The molecule has 138 valence electrons. The van der Waals surface area contributed by atoms with Gasteiger partial charge in [-0.05, 0) is 20.8 Å². The summed E-state index contributed by atoms with van der Waals surface area (Å²) in [5.74, 6) is -2.81. The minimum Gasteiger partial charge on any atom is -0.478 e. The van der Waals surface area contributed by atoms with Crippen LogP contribution < -0.4 is 0 Å².